The summed E-state index contributed by atoms with van der Waals surface area (Å²) in [6.07, 6.45) is -4.96. The molecule has 0 heterocycles. The van der Waals surface area contributed by atoms with E-state index in [9.17, 15) is 22.8 Å². The molecule has 0 saturated heterocycles. The zero-order valence-corrected chi connectivity index (χ0v) is 17.8. The Morgan fingerprint density at radius 1 is 1.07 bits per heavy atom. The highest BCUT2D eigenvalue weighted by molar-refractivity contribution is 7.99. The summed E-state index contributed by atoms with van der Waals surface area (Å²) in [6, 6.07) is 10.8. The number of alkyl halides is 3. The molecule has 0 unspecified atom stereocenters. The van der Waals surface area contributed by atoms with Gasteiger partial charge in [0.05, 0.1) is 21.5 Å². The molecule has 2 aromatic rings. The van der Waals surface area contributed by atoms with Gasteiger partial charge in [0.25, 0.3) is 0 Å². The lowest BCUT2D eigenvalue weighted by Gasteiger charge is -2.08. The average Bonchev–Trinajstić information content (AvgIpc) is 2.68. The van der Waals surface area contributed by atoms with Gasteiger partial charge >= 0.3 is 12.1 Å². The van der Waals surface area contributed by atoms with Crippen molar-refractivity contribution in [1.82, 2.24) is 5.43 Å². The van der Waals surface area contributed by atoms with Crippen LogP contribution in [0.1, 0.15) is 18.1 Å². The molecule has 5 nitrogen and oxygen atoms in total. The van der Waals surface area contributed by atoms with Gasteiger partial charge in [0, 0.05) is 11.4 Å². The van der Waals surface area contributed by atoms with Gasteiger partial charge in [-0.25, -0.2) is 5.43 Å². The molecule has 2 rings (SSSR count). The summed E-state index contributed by atoms with van der Waals surface area (Å²) in [5, 5.41) is 6.63. The van der Waals surface area contributed by atoms with Crippen LogP contribution in [0.3, 0.4) is 0 Å². The van der Waals surface area contributed by atoms with Crippen LogP contribution in [0.5, 0.6) is 0 Å². The van der Waals surface area contributed by atoms with Crippen LogP contribution in [-0.4, -0.2) is 29.5 Å². The van der Waals surface area contributed by atoms with E-state index < -0.39 is 12.1 Å². The quantitative estimate of drug-likeness (QED) is 0.421. The minimum atomic E-state index is -4.96. The number of carbonyl (C=O) groups is 2. The van der Waals surface area contributed by atoms with Gasteiger partial charge in [0.1, 0.15) is 0 Å². The Balaban J connectivity index is 1.82. The third-order valence-corrected chi connectivity index (χ3v) is 5.40. The minimum absolute atomic E-state index is 0.00314. The number of nitrogens with one attached hydrogen (secondary N) is 2. The number of rotatable bonds is 7. The average molecular weight is 478 g/mol. The number of benzene rings is 2. The summed E-state index contributed by atoms with van der Waals surface area (Å²) >= 11 is 13.2. The SMILES string of the molecule is C/C(=N\NC(=O)CSCc1ccc(Cl)c(Cl)c1)c1ccc(NC(=O)C(F)(F)F)cc1. The van der Waals surface area contributed by atoms with Gasteiger partial charge in [-0.2, -0.15) is 18.3 Å². The van der Waals surface area contributed by atoms with Crippen LogP contribution >= 0.6 is 35.0 Å². The highest BCUT2D eigenvalue weighted by Crippen LogP contribution is 2.24. The number of amides is 2. The van der Waals surface area contributed by atoms with Crippen LogP contribution in [0.15, 0.2) is 47.6 Å². The molecule has 0 spiro atoms. The van der Waals surface area contributed by atoms with Crippen LogP contribution in [0.4, 0.5) is 18.9 Å². The molecule has 0 aliphatic rings. The number of hydrazone groups is 1. The van der Waals surface area contributed by atoms with Gasteiger partial charge in [-0.3, -0.25) is 9.59 Å². The van der Waals surface area contributed by atoms with Crippen LogP contribution in [0, 0.1) is 0 Å². The monoisotopic (exact) mass is 477 g/mol. The van der Waals surface area contributed by atoms with E-state index in [0.717, 1.165) is 5.56 Å². The van der Waals surface area contributed by atoms with E-state index in [1.807, 2.05) is 6.07 Å². The molecule has 2 N–H and O–H groups in total. The smallest absolute Gasteiger partial charge is 0.318 e. The van der Waals surface area contributed by atoms with Crippen molar-refractivity contribution >= 4 is 58.2 Å². The van der Waals surface area contributed by atoms with Gasteiger partial charge < -0.3 is 5.32 Å². The highest BCUT2D eigenvalue weighted by Gasteiger charge is 2.38. The van der Waals surface area contributed by atoms with Crippen LogP contribution in [0.2, 0.25) is 10.0 Å². The first kappa shape index (κ1) is 24.0. The van der Waals surface area contributed by atoms with Crippen molar-refractivity contribution in [2.45, 2.75) is 18.9 Å². The maximum Gasteiger partial charge on any atom is 0.471 e. The molecule has 0 atom stereocenters. The van der Waals surface area contributed by atoms with Crippen molar-refractivity contribution < 1.29 is 22.8 Å². The molecule has 0 bridgehead atoms. The molecule has 2 aromatic carbocycles. The summed E-state index contributed by atoms with van der Waals surface area (Å²) < 4.78 is 36.8. The lowest BCUT2D eigenvalue weighted by Crippen LogP contribution is -2.29. The molecule has 160 valence electrons. The second kappa shape index (κ2) is 10.7. The van der Waals surface area contributed by atoms with Crippen LogP contribution in [-0.2, 0) is 15.3 Å². The van der Waals surface area contributed by atoms with Crippen molar-refractivity contribution in [3.63, 3.8) is 0 Å². The minimum Gasteiger partial charge on any atom is -0.318 e. The number of anilines is 1. The van der Waals surface area contributed by atoms with Gasteiger partial charge in [0.15, 0.2) is 0 Å². The summed E-state index contributed by atoms with van der Waals surface area (Å²) in [6.45, 7) is 1.63. The van der Waals surface area contributed by atoms with Gasteiger partial charge in [-0.1, -0.05) is 41.4 Å². The first-order chi connectivity index (χ1) is 14.1. The van der Waals surface area contributed by atoms with Crippen molar-refractivity contribution in [3.05, 3.63) is 63.6 Å². The van der Waals surface area contributed by atoms with Crippen molar-refractivity contribution in [1.29, 1.82) is 0 Å². The number of carbonyl (C=O) groups excluding carboxylic acids is 2. The van der Waals surface area contributed by atoms with E-state index in [1.165, 1.54) is 36.0 Å². The first-order valence-electron chi connectivity index (χ1n) is 8.39. The van der Waals surface area contributed by atoms with E-state index >= 15 is 0 Å². The van der Waals surface area contributed by atoms with E-state index in [2.05, 4.69) is 10.5 Å². The maximum atomic E-state index is 12.3. The van der Waals surface area contributed by atoms with E-state index in [1.54, 1.807) is 24.4 Å². The number of hydrogen-bond donors (Lipinski definition) is 2. The van der Waals surface area contributed by atoms with Crippen LogP contribution in [0.25, 0.3) is 0 Å². The number of hydrogen-bond acceptors (Lipinski definition) is 4. The summed E-state index contributed by atoms with van der Waals surface area (Å²) in [5.74, 6) is -1.63. The first-order valence-corrected chi connectivity index (χ1v) is 10.3. The standard InChI is InChI=1S/C19H16Cl2F3N3O2S/c1-11(13-3-5-14(6-4-13)25-18(29)19(22,23)24)26-27-17(28)10-30-9-12-2-7-15(20)16(21)8-12/h2-8H,9-10H2,1H3,(H,25,29)(H,27,28)/b26-11+. The Kier molecular flexibility index (Phi) is 8.57. The predicted molar refractivity (Wildman–Crippen MR) is 114 cm³/mol. The van der Waals surface area contributed by atoms with E-state index in [-0.39, 0.29) is 17.3 Å². The van der Waals surface area contributed by atoms with Gasteiger partial charge in [0.2, 0.25) is 5.91 Å². The fourth-order valence-corrected chi connectivity index (χ4v) is 3.22. The Morgan fingerprint density at radius 3 is 2.33 bits per heavy atom. The molecular formula is C19H16Cl2F3N3O2S. The Bertz CT molecular complexity index is 951. The Hall–Kier alpha value is -2.23. The molecule has 11 heteroatoms. The normalized spacial score (nSPS) is 11.9. The fourth-order valence-electron chi connectivity index (χ4n) is 2.13. The van der Waals surface area contributed by atoms with Gasteiger partial charge in [-0.05, 0) is 42.3 Å². The highest BCUT2D eigenvalue weighted by atomic mass is 35.5. The van der Waals surface area contributed by atoms with E-state index in [0.29, 0.717) is 27.1 Å². The second-order valence-corrected chi connectivity index (χ2v) is 7.80. The summed E-state index contributed by atoms with van der Waals surface area (Å²) in [5.41, 5.74) is 4.37. The molecule has 2 amide bonds. The zero-order valence-electron chi connectivity index (χ0n) is 15.5. The largest absolute Gasteiger partial charge is 0.471 e. The van der Waals surface area contributed by atoms with Gasteiger partial charge in [-0.15, -0.1) is 11.8 Å². The molecule has 0 fully saturated rings. The van der Waals surface area contributed by atoms with Crippen molar-refractivity contribution in [2.24, 2.45) is 5.10 Å². The van der Waals surface area contributed by atoms with Crippen molar-refractivity contribution in [2.75, 3.05) is 11.1 Å². The third-order valence-electron chi connectivity index (χ3n) is 3.65. The zero-order chi connectivity index (χ0) is 22.3. The Labute approximate surface area is 185 Å². The van der Waals surface area contributed by atoms with Crippen molar-refractivity contribution in [3.8, 4) is 0 Å². The maximum absolute atomic E-state index is 12.3. The summed E-state index contributed by atoms with van der Waals surface area (Å²) in [7, 11) is 0. The molecule has 0 aromatic heterocycles. The molecule has 0 aliphatic heterocycles. The molecule has 0 saturated carbocycles. The molecule has 30 heavy (non-hydrogen) atoms. The lowest BCUT2D eigenvalue weighted by molar-refractivity contribution is -0.167. The molecular weight excluding hydrogens is 462 g/mol. The fraction of sp³-hybridized carbons (Fsp3) is 0.211. The van der Waals surface area contributed by atoms with Crippen LogP contribution < -0.4 is 10.7 Å². The second-order valence-electron chi connectivity index (χ2n) is 6.00. The number of thioether (sulfide) groups is 1. The molecule has 0 aliphatic carbocycles. The third kappa shape index (κ3) is 7.55. The number of halogens is 5. The lowest BCUT2D eigenvalue weighted by atomic mass is 10.1. The Morgan fingerprint density at radius 2 is 1.73 bits per heavy atom. The predicted octanol–water partition coefficient (Wildman–Crippen LogP) is 5.27. The topological polar surface area (TPSA) is 70.6 Å². The number of nitrogens with zero attached hydrogens (tertiary/aromatic N) is 1. The molecule has 0 radical (unpaired) electrons. The van der Waals surface area contributed by atoms with E-state index in [4.69, 9.17) is 23.2 Å². The summed E-state index contributed by atoms with van der Waals surface area (Å²) in [4.78, 5) is 22.8.